The second-order valence-electron chi connectivity index (χ2n) is 10.1. The van der Waals surface area contributed by atoms with Gasteiger partial charge in [0.25, 0.3) is 0 Å². The van der Waals surface area contributed by atoms with E-state index < -0.39 is 18.4 Å². The molecular weight excluding hydrogens is 406 g/mol. The van der Waals surface area contributed by atoms with Gasteiger partial charge in [-0.2, -0.15) is 15.1 Å². The van der Waals surface area contributed by atoms with Crippen LogP contribution in [0.25, 0.3) is 11.0 Å². The first-order valence-electron chi connectivity index (χ1n) is 10.8. The molecule has 2 bridgehead atoms. The first kappa shape index (κ1) is 17.9. The summed E-state index contributed by atoms with van der Waals surface area (Å²) in [5.41, 5.74) is 1.63. The fourth-order valence-electron chi connectivity index (χ4n) is 7.71. The Balaban J connectivity index is 1.26. The molecule has 2 aromatic rings. The highest BCUT2D eigenvalue weighted by molar-refractivity contribution is 6.28. The van der Waals surface area contributed by atoms with Crippen LogP contribution in [-0.4, -0.2) is 54.3 Å². The fraction of sp³-hybridized carbons (Fsp3) is 0.667. The van der Waals surface area contributed by atoms with Crippen LogP contribution >= 0.6 is 11.6 Å². The van der Waals surface area contributed by atoms with E-state index in [1.807, 2.05) is 0 Å². The summed E-state index contributed by atoms with van der Waals surface area (Å²) in [5.74, 6) is 3.38. The molecule has 4 aliphatic carbocycles. The summed E-state index contributed by atoms with van der Waals surface area (Å²) in [5, 5.41) is 29.1. The summed E-state index contributed by atoms with van der Waals surface area (Å²) in [6.07, 6.45) is 5.71. The van der Waals surface area contributed by atoms with Crippen molar-refractivity contribution in [3.8, 4) is 0 Å². The van der Waals surface area contributed by atoms with E-state index in [1.54, 1.807) is 6.20 Å². The van der Waals surface area contributed by atoms with Gasteiger partial charge in [0.05, 0.1) is 18.2 Å². The lowest BCUT2D eigenvalue weighted by molar-refractivity contribution is -0.175. The van der Waals surface area contributed by atoms with Gasteiger partial charge in [0.15, 0.2) is 11.9 Å². The van der Waals surface area contributed by atoms with Gasteiger partial charge in [0, 0.05) is 5.54 Å². The van der Waals surface area contributed by atoms with Gasteiger partial charge in [-0.1, -0.05) is 6.58 Å². The number of aliphatic hydroxyl groups excluding tert-OH is 2. The molecule has 5 fully saturated rings. The van der Waals surface area contributed by atoms with E-state index >= 15 is 0 Å². The normalized spacial score (nSPS) is 45.5. The predicted molar refractivity (Wildman–Crippen MR) is 109 cm³/mol. The van der Waals surface area contributed by atoms with Gasteiger partial charge in [-0.25, -0.2) is 4.68 Å². The highest BCUT2D eigenvalue weighted by Gasteiger charge is 2.77. The van der Waals surface area contributed by atoms with Crippen molar-refractivity contribution in [2.24, 2.45) is 23.2 Å². The topological polar surface area (TPSA) is 105 Å². The molecule has 1 saturated heterocycles. The number of hydrogen-bond acceptors (Lipinski definition) is 7. The zero-order valence-corrected chi connectivity index (χ0v) is 17.2. The van der Waals surface area contributed by atoms with Crippen LogP contribution in [0.1, 0.15) is 38.3 Å². The molecular formula is C21H24ClN5O3. The van der Waals surface area contributed by atoms with E-state index in [0.717, 1.165) is 23.1 Å². The number of hydrogen-bond donors (Lipinski definition) is 3. The predicted octanol–water partition coefficient (Wildman–Crippen LogP) is 2.28. The molecule has 5 aliphatic rings. The third-order valence-corrected chi connectivity index (χ3v) is 9.09. The van der Waals surface area contributed by atoms with Gasteiger partial charge in [0.2, 0.25) is 5.28 Å². The quantitative estimate of drug-likeness (QED) is 0.505. The number of anilines is 1. The Hall–Kier alpha value is -1.74. The van der Waals surface area contributed by atoms with Gasteiger partial charge in [-0.15, -0.1) is 0 Å². The van der Waals surface area contributed by atoms with Crippen molar-refractivity contribution in [1.29, 1.82) is 0 Å². The number of aliphatic hydroxyl groups is 2. The molecule has 0 aromatic carbocycles. The molecule has 3 N–H and O–H groups in total. The number of fused-ring (bicyclic) bond motifs is 2. The molecule has 0 radical (unpaired) electrons. The maximum atomic E-state index is 10.6. The lowest BCUT2D eigenvalue weighted by Gasteiger charge is -2.66. The third kappa shape index (κ3) is 1.97. The largest absolute Gasteiger partial charge is 0.393 e. The number of aromatic nitrogens is 4. The van der Waals surface area contributed by atoms with Gasteiger partial charge in [-0.3, -0.25) is 0 Å². The van der Waals surface area contributed by atoms with Crippen molar-refractivity contribution in [3.05, 3.63) is 23.6 Å². The van der Waals surface area contributed by atoms with Gasteiger partial charge in [-0.05, 0) is 72.4 Å². The van der Waals surface area contributed by atoms with Crippen LogP contribution < -0.4 is 5.32 Å². The van der Waals surface area contributed by atoms with Gasteiger partial charge >= 0.3 is 0 Å². The van der Waals surface area contributed by atoms with Crippen molar-refractivity contribution in [2.45, 2.75) is 56.1 Å². The number of nitrogens with one attached hydrogen (secondary N) is 1. The SMILES string of the molecule is C=C1[C@@H](O)[C@H](n2ncc3c(NC45CC6CC7CC(C4)C76C5)nc(Cl)nc32)O[C@@H]1CO. The summed E-state index contributed by atoms with van der Waals surface area (Å²) in [6, 6.07) is 0. The van der Waals surface area contributed by atoms with Crippen LogP contribution in [0.4, 0.5) is 5.82 Å². The second-order valence-corrected chi connectivity index (χ2v) is 10.4. The smallest absolute Gasteiger partial charge is 0.226 e. The maximum Gasteiger partial charge on any atom is 0.226 e. The molecule has 7 rings (SSSR count). The van der Waals surface area contributed by atoms with E-state index in [2.05, 4.69) is 27.0 Å². The first-order valence-corrected chi connectivity index (χ1v) is 11.1. The van der Waals surface area contributed by atoms with E-state index in [0.29, 0.717) is 22.5 Å². The minimum Gasteiger partial charge on any atom is -0.393 e. The molecule has 0 amide bonds. The number of ether oxygens (including phenoxy) is 1. The van der Waals surface area contributed by atoms with Crippen molar-refractivity contribution in [3.63, 3.8) is 0 Å². The Bertz CT molecular complexity index is 1090. The molecule has 30 heavy (non-hydrogen) atoms. The Labute approximate surface area is 178 Å². The molecule has 1 spiro atoms. The van der Waals surface area contributed by atoms with Crippen LogP contribution in [0.15, 0.2) is 18.3 Å². The highest BCUT2D eigenvalue weighted by Crippen LogP contribution is 2.82. The highest BCUT2D eigenvalue weighted by atomic mass is 35.5. The van der Waals surface area contributed by atoms with Crippen molar-refractivity contribution in [1.82, 2.24) is 19.7 Å². The standard InChI is InChI=1S/C21H24ClN5O3/c1-9-14(7-28)30-18(15(9)29)27-17-13(6-23-27)16(24-19(22)25-17)26-20-4-11-2-10-3-12(5-20)21(10,11)8-20/h6,10-12,14-15,18,28-29H,1-5,7-8H2,(H,24,25,26)/t10?,11?,12?,14-,15-,18-,20?,21?/m1/s1. The van der Waals surface area contributed by atoms with E-state index in [9.17, 15) is 10.2 Å². The maximum absolute atomic E-state index is 10.6. The van der Waals surface area contributed by atoms with Gasteiger partial charge < -0.3 is 20.3 Å². The monoisotopic (exact) mass is 429 g/mol. The number of rotatable bonds is 4. The minimum absolute atomic E-state index is 0.0902. The van der Waals surface area contributed by atoms with Crippen LogP contribution in [0.2, 0.25) is 5.28 Å². The molecule has 4 saturated carbocycles. The lowest BCUT2D eigenvalue weighted by Crippen LogP contribution is -2.59. The summed E-state index contributed by atoms with van der Waals surface area (Å²) in [6.45, 7) is 3.59. The Morgan fingerprint density at radius 3 is 2.67 bits per heavy atom. The van der Waals surface area contributed by atoms with Crippen LogP contribution in [0.5, 0.6) is 0 Å². The number of nitrogens with zero attached hydrogens (tertiary/aromatic N) is 4. The molecule has 8 nitrogen and oxygen atoms in total. The summed E-state index contributed by atoms with van der Waals surface area (Å²) >= 11 is 6.31. The average molecular weight is 430 g/mol. The molecule has 158 valence electrons. The molecule has 5 atom stereocenters. The zero-order chi connectivity index (χ0) is 20.4. The second kappa shape index (κ2) is 5.54. The van der Waals surface area contributed by atoms with Gasteiger partial charge in [0.1, 0.15) is 18.0 Å². The first-order chi connectivity index (χ1) is 14.4. The lowest BCUT2D eigenvalue weighted by atomic mass is 9.38. The van der Waals surface area contributed by atoms with Crippen molar-refractivity contribution in [2.75, 3.05) is 11.9 Å². The van der Waals surface area contributed by atoms with Crippen LogP contribution in [0, 0.1) is 23.2 Å². The van der Waals surface area contributed by atoms with E-state index in [1.165, 1.54) is 36.8 Å². The summed E-state index contributed by atoms with van der Waals surface area (Å²) in [4.78, 5) is 8.90. The molecule has 2 aromatic heterocycles. The molecule has 3 heterocycles. The Morgan fingerprint density at radius 1 is 1.27 bits per heavy atom. The molecule has 9 heteroatoms. The minimum atomic E-state index is -0.985. The zero-order valence-electron chi connectivity index (χ0n) is 16.5. The summed E-state index contributed by atoms with van der Waals surface area (Å²) in [7, 11) is 0. The van der Waals surface area contributed by atoms with E-state index in [-0.39, 0.29) is 17.4 Å². The third-order valence-electron chi connectivity index (χ3n) is 8.92. The average Bonchev–Trinajstić information content (AvgIpc) is 3.39. The fourth-order valence-corrected chi connectivity index (χ4v) is 7.87. The summed E-state index contributed by atoms with van der Waals surface area (Å²) < 4.78 is 7.30. The van der Waals surface area contributed by atoms with E-state index in [4.69, 9.17) is 16.3 Å². The van der Waals surface area contributed by atoms with Crippen LogP contribution in [0.3, 0.4) is 0 Å². The van der Waals surface area contributed by atoms with Crippen molar-refractivity contribution >= 4 is 28.5 Å². The molecule has 1 aliphatic heterocycles. The number of halogens is 1. The van der Waals surface area contributed by atoms with Crippen molar-refractivity contribution < 1.29 is 14.9 Å². The molecule has 2 unspecified atom stereocenters. The van der Waals surface area contributed by atoms with Crippen LogP contribution in [-0.2, 0) is 4.74 Å². The Kier molecular flexibility index (Phi) is 3.30. The Morgan fingerprint density at radius 2 is 2.03 bits per heavy atom.